The van der Waals surface area contributed by atoms with Gasteiger partial charge >= 0.3 is 5.63 Å². The summed E-state index contributed by atoms with van der Waals surface area (Å²) >= 11 is 0. The van der Waals surface area contributed by atoms with Gasteiger partial charge in [-0.05, 0) is 25.1 Å². The number of aliphatic hydroxyl groups excluding tert-OH is 4. The zero-order valence-electron chi connectivity index (χ0n) is 12.8. The molecule has 24 heavy (non-hydrogen) atoms. The second kappa shape index (κ2) is 6.50. The van der Waals surface area contributed by atoms with Gasteiger partial charge < -0.3 is 34.3 Å². The maximum atomic E-state index is 11.6. The van der Waals surface area contributed by atoms with E-state index in [2.05, 4.69) is 0 Å². The molecule has 1 aromatic heterocycles. The molecule has 2 aromatic rings. The summed E-state index contributed by atoms with van der Waals surface area (Å²) in [5.74, 6) is 0.235. The molecule has 5 atom stereocenters. The average molecular weight is 338 g/mol. The van der Waals surface area contributed by atoms with Gasteiger partial charge in [-0.3, -0.25) is 0 Å². The fourth-order valence-corrected chi connectivity index (χ4v) is 2.57. The van der Waals surface area contributed by atoms with E-state index in [0.29, 0.717) is 16.5 Å². The van der Waals surface area contributed by atoms with Gasteiger partial charge in [0, 0.05) is 17.0 Å². The van der Waals surface area contributed by atoms with Crippen LogP contribution in [0.2, 0.25) is 0 Å². The lowest BCUT2D eigenvalue weighted by Crippen LogP contribution is -2.60. The zero-order chi connectivity index (χ0) is 17.4. The lowest BCUT2D eigenvalue weighted by Gasteiger charge is -2.39. The standard InChI is InChI=1S/C16H18O8/c1-7-4-8-2-3-9(5-10(8)23-15(7)21)22-16-14(20)13(19)12(18)11(6-17)24-16/h2-5,11-14,16-20H,6H2,1H3/t11-,12-,13+,14-,16-/m1/s1. The molecular weight excluding hydrogens is 320 g/mol. The Hall–Kier alpha value is -1.97. The Balaban J connectivity index is 1.86. The van der Waals surface area contributed by atoms with Gasteiger partial charge in [0.1, 0.15) is 35.7 Å². The van der Waals surface area contributed by atoms with Crippen molar-refractivity contribution in [3.63, 3.8) is 0 Å². The molecule has 0 bridgehead atoms. The highest BCUT2D eigenvalue weighted by molar-refractivity contribution is 5.78. The van der Waals surface area contributed by atoms with Crippen molar-refractivity contribution < 1.29 is 34.3 Å². The number of fused-ring (bicyclic) bond motifs is 1. The average Bonchev–Trinajstić information content (AvgIpc) is 2.56. The first kappa shape index (κ1) is 16.9. The van der Waals surface area contributed by atoms with Gasteiger partial charge in [0.2, 0.25) is 6.29 Å². The van der Waals surface area contributed by atoms with E-state index in [-0.39, 0.29) is 5.75 Å². The first-order chi connectivity index (χ1) is 11.4. The van der Waals surface area contributed by atoms with Crippen LogP contribution in [0.5, 0.6) is 5.75 Å². The molecule has 1 aromatic carbocycles. The largest absolute Gasteiger partial charge is 0.462 e. The fraction of sp³-hybridized carbons (Fsp3) is 0.438. The normalized spacial score (nSPS) is 30.5. The van der Waals surface area contributed by atoms with E-state index in [1.807, 2.05) is 0 Å². The minimum atomic E-state index is -1.53. The molecular formula is C16H18O8. The van der Waals surface area contributed by atoms with E-state index in [4.69, 9.17) is 19.0 Å². The van der Waals surface area contributed by atoms with Gasteiger partial charge in [0.25, 0.3) is 0 Å². The summed E-state index contributed by atoms with van der Waals surface area (Å²) < 4.78 is 15.9. The minimum absolute atomic E-state index is 0.235. The highest BCUT2D eigenvalue weighted by atomic mass is 16.7. The number of ether oxygens (including phenoxy) is 2. The first-order valence-corrected chi connectivity index (χ1v) is 7.42. The van der Waals surface area contributed by atoms with Crippen LogP contribution >= 0.6 is 0 Å². The molecule has 2 heterocycles. The third-order valence-electron chi connectivity index (χ3n) is 3.98. The Kier molecular flexibility index (Phi) is 4.57. The lowest BCUT2D eigenvalue weighted by molar-refractivity contribution is -0.277. The number of rotatable bonds is 3. The summed E-state index contributed by atoms with van der Waals surface area (Å²) in [6.07, 6.45) is -6.85. The van der Waals surface area contributed by atoms with Gasteiger partial charge in [0.05, 0.1) is 6.61 Å². The smallest absolute Gasteiger partial charge is 0.339 e. The first-order valence-electron chi connectivity index (χ1n) is 7.42. The number of hydrogen-bond donors (Lipinski definition) is 4. The SMILES string of the molecule is Cc1cc2ccc(O[C@@H]3O[C@H](CO)[C@@H](O)[C@H](O)[C@H]3O)cc2oc1=O. The summed E-state index contributed by atoms with van der Waals surface area (Å²) in [5, 5.41) is 39.3. The Labute approximate surface area is 136 Å². The molecule has 0 radical (unpaired) electrons. The maximum absolute atomic E-state index is 11.6. The summed E-state index contributed by atoms with van der Waals surface area (Å²) in [4.78, 5) is 11.6. The quantitative estimate of drug-likeness (QED) is 0.540. The van der Waals surface area contributed by atoms with Gasteiger partial charge in [-0.2, -0.15) is 0 Å². The van der Waals surface area contributed by atoms with Gasteiger partial charge in [-0.15, -0.1) is 0 Å². The van der Waals surface area contributed by atoms with Crippen LogP contribution in [0, 0.1) is 6.92 Å². The van der Waals surface area contributed by atoms with Crippen LogP contribution in [0.15, 0.2) is 33.5 Å². The van der Waals surface area contributed by atoms with Crippen molar-refractivity contribution in [1.82, 2.24) is 0 Å². The Morgan fingerprint density at radius 1 is 1.12 bits per heavy atom. The molecule has 8 heteroatoms. The van der Waals surface area contributed by atoms with Crippen LogP contribution in [-0.4, -0.2) is 57.7 Å². The van der Waals surface area contributed by atoms with Crippen LogP contribution in [0.1, 0.15) is 5.56 Å². The minimum Gasteiger partial charge on any atom is -0.462 e. The van der Waals surface area contributed by atoms with Crippen molar-refractivity contribution >= 4 is 11.0 Å². The molecule has 0 aliphatic carbocycles. The summed E-state index contributed by atoms with van der Waals surface area (Å²) in [6.45, 7) is 1.10. The predicted molar refractivity (Wildman–Crippen MR) is 81.6 cm³/mol. The lowest BCUT2D eigenvalue weighted by atomic mass is 9.99. The van der Waals surface area contributed by atoms with E-state index in [0.717, 1.165) is 0 Å². The van der Waals surface area contributed by atoms with Crippen LogP contribution < -0.4 is 10.4 Å². The van der Waals surface area contributed by atoms with E-state index < -0.39 is 42.9 Å². The number of aliphatic hydroxyl groups is 4. The topological polar surface area (TPSA) is 130 Å². The van der Waals surface area contributed by atoms with E-state index in [9.17, 15) is 20.1 Å². The van der Waals surface area contributed by atoms with Gasteiger partial charge in [-0.1, -0.05) is 0 Å². The summed E-state index contributed by atoms with van der Waals surface area (Å²) in [6, 6.07) is 6.39. The molecule has 0 unspecified atom stereocenters. The molecule has 1 saturated heterocycles. The Bertz CT molecular complexity index is 783. The second-order valence-corrected chi connectivity index (χ2v) is 5.73. The molecule has 3 rings (SSSR count). The predicted octanol–water partition coefficient (Wildman–Crippen LogP) is -0.720. The summed E-state index contributed by atoms with van der Waals surface area (Å²) in [7, 11) is 0. The molecule has 0 saturated carbocycles. The van der Waals surface area contributed by atoms with Crippen LogP contribution in [-0.2, 0) is 4.74 Å². The van der Waals surface area contributed by atoms with Crippen LogP contribution in [0.3, 0.4) is 0 Å². The van der Waals surface area contributed by atoms with Crippen LogP contribution in [0.4, 0.5) is 0 Å². The number of benzene rings is 1. The van der Waals surface area contributed by atoms with Gasteiger partial charge in [0.15, 0.2) is 0 Å². The van der Waals surface area contributed by atoms with Crippen molar-refractivity contribution in [3.05, 3.63) is 40.2 Å². The Morgan fingerprint density at radius 2 is 1.88 bits per heavy atom. The zero-order valence-corrected chi connectivity index (χ0v) is 12.8. The molecule has 130 valence electrons. The van der Waals surface area contributed by atoms with Crippen molar-refractivity contribution in [2.45, 2.75) is 37.6 Å². The van der Waals surface area contributed by atoms with Crippen molar-refractivity contribution in [2.75, 3.05) is 6.61 Å². The van der Waals surface area contributed by atoms with Crippen molar-refractivity contribution in [3.8, 4) is 5.75 Å². The monoisotopic (exact) mass is 338 g/mol. The summed E-state index contributed by atoms with van der Waals surface area (Å²) in [5.41, 5.74) is 0.310. The molecule has 0 spiro atoms. The Morgan fingerprint density at radius 3 is 2.58 bits per heavy atom. The molecule has 8 nitrogen and oxygen atoms in total. The third-order valence-corrected chi connectivity index (χ3v) is 3.98. The number of aryl methyl sites for hydroxylation is 1. The molecule has 1 fully saturated rings. The second-order valence-electron chi connectivity index (χ2n) is 5.73. The fourth-order valence-electron chi connectivity index (χ4n) is 2.57. The maximum Gasteiger partial charge on any atom is 0.339 e. The molecule has 0 amide bonds. The van der Waals surface area contributed by atoms with Crippen molar-refractivity contribution in [1.29, 1.82) is 0 Å². The number of hydrogen-bond acceptors (Lipinski definition) is 8. The van der Waals surface area contributed by atoms with E-state index >= 15 is 0 Å². The van der Waals surface area contributed by atoms with Crippen molar-refractivity contribution in [2.24, 2.45) is 0 Å². The molecule has 4 N–H and O–H groups in total. The van der Waals surface area contributed by atoms with E-state index in [1.54, 1.807) is 25.1 Å². The van der Waals surface area contributed by atoms with E-state index in [1.165, 1.54) is 6.07 Å². The molecule has 1 aliphatic rings. The van der Waals surface area contributed by atoms with Gasteiger partial charge in [-0.25, -0.2) is 4.79 Å². The highest BCUT2D eigenvalue weighted by Gasteiger charge is 2.44. The highest BCUT2D eigenvalue weighted by Crippen LogP contribution is 2.26. The third kappa shape index (κ3) is 3.02. The van der Waals surface area contributed by atoms with Crippen LogP contribution in [0.25, 0.3) is 11.0 Å². The molecule has 1 aliphatic heterocycles.